The Morgan fingerprint density at radius 3 is 1.74 bits per heavy atom. The van der Waals surface area contributed by atoms with Gasteiger partial charge in [-0.25, -0.2) is 4.79 Å². The first kappa shape index (κ1) is 29.5. The SMILES string of the molecule is CSCCC(NC(=O)C(CCSC)NC(=O)C(CC(C)C)NC(=O)C(N)CO)C(=O)O. The van der Waals surface area contributed by atoms with Gasteiger partial charge < -0.3 is 31.9 Å². The molecule has 3 amide bonds. The number of carbonyl (C=O) groups excluding carboxylic acids is 3. The summed E-state index contributed by atoms with van der Waals surface area (Å²) in [5.41, 5.74) is 5.52. The van der Waals surface area contributed by atoms with Crippen LogP contribution in [0, 0.1) is 5.92 Å². The number of aliphatic hydroxyl groups excluding tert-OH is 1. The minimum absolute atomic E-state index is 0.0582. The van der Waals surface area contributed by atoms with Gasteiger partial charge in [0.2, 0.25) is 17.7 Å². The highest BCUT2D eigenvalue weighted by atomic mass is 32.2. The molecule has 0 saturated heterocycles. The zero-order valence-corrected chi connectivity index (χ0v) is 20.2. The lowest BCUT2D eigenvalue weighted by atomic mass is 10.0. The molecule has 10 nitrogen and oxygen atoms in total. The van der Waals surface area contributed by atoms with Crippen molar-refractivity contribution >= 4 is 47.2 Å². The molecular formula is C19H36N4O6S2. The molecule has 180 valence electrons. The van der Waals surface area contributed by atoms with Crippen LogP contribution >= 0.6 is 23.5 Å². The van der Waals surface area contributed by atoms with Crippen LogP contribution in [0.3, 0.4) is 0 Å². The van der Waals surface area contributed by atoms with Crippen LogP contribution in [-0.2, 0) is 19.2 Å². The van der Waals surface area contributed by atoms with Crippen molar-refractivity contribution in [2.75, 3.05) is 30.6 Å². The molecule has 0 spiro atoms. The summed E-state index contributed by atoms with van der Waals surface area (Å²) in [6.45, 7) is 3.19. The maximum Gasteiger partial charge on any atom is 0.326 e. The fourth-order valence-corrected chi connectivity index (χ4v) is 3.55. The summed E-state index contributed by atoms with van der Waals surface area (Å²) in [5.74, 6) is -1.77. The van der Waals surface area contributed by atoms with Crippen molar-refractivity contribution in [2.24, 2.45) is 11.7 Å². The molecule has 0 aliphatic rings. The summed E-state index contributed by atoms with van der Waals surface area (Å²) in [7, 11) is 0. The van der Waals surface area contributed by atoms with Gasteiger partial charge in [-0.15, -0.1) is 0 Å². The molecule has 0 heterocycles. The highest BCUT2D eigenvalue weighted by molar-refractivity contribution is 7.98. The highest BCUT2D eigenvalue weighted by Gasteiger charge is 2.30. The second-order valence-corrected chi connectivity index (χ2v) is 9.47. The van der Waals surface area contributed by atoms with E-state index in [0.29, 0.717) is 24.3 Å². The summed E-state index contributed by atoms with van der Waals surface area (Å²) in [4.78, 5) is 49.1. The number of carbonyl (C=O) groups is 4. The molecule has 0 aromatic heterocycles. The first-order valence-corrected chi connectivity index (χ1v) is 12.8. The lowest BCUT2D eigenvalue weighted by Gasteiger charge is -2.25. The third-order valence-corrected chi connectivity index (χ3v) is 5.63. The fraction of sp³-hybridized carbons (Fsp3) is 0.789. The van der Waals surface area contributed by atoms with E-state index in [4.69, 9.17) is 10.8 Å². The average Bonchev–Trinajstić information content (AvgIpc) is 2.71. The molecule has 0 rings (SSSR count). The molecule has 4 unspecified atom stereocenters. The van der Waals surface area contributed by atoms with E-state index in [0.717, 1.165) is 0 Å². The van der Waals surface area contributed by atoms with E-state index in [2.05, 4.69) is 16.0 Å². The fourth-order valence-electron chi connectivity index (χ4n) is 2.61. The lowest BCUT2D eigenvalue weighted by molar-refractivity contribution is -0.142. The number of aliphatic hydroxyl groups is 1. The highest BCUT2D eigenvalue weighted by Crippen LogP contribution is 2.09. The molecule has 0 saturated carbocycles. The number of carboxylic acid groups (broad SMARTS) is 1. The van der Waals surface area contributed by atoms with Crippen LogP contribution in [0.4, 0.5) is 0 Å². The minimum Gasteiger partial charge on any atom is -0.480 e. The zero-order valence-electron chi connectivity index (χ0n) is 18.6. The van der Waals surface area contributed by atoms with Crippen LogP contribution in [0.2, 0.25) is 0 Å². The third-order valence-electron chi connectivity index (χ3n) is 4.34. The van der Waals surface area contributed by atoms with Gasteiger partial charge >= 0.3 is 5.97 Å². The number of hydrogen-bond acceptors (Lipinski definition) is 8. The van der Waals surface area contributed by atoms with Gasteiger partial charge in [-0.05, 0) is 49.2 Å². The molecule has 0 fully saturated rings. The minimum atomic E-state index is -1.16. The Kier molecular flexibility index (Phi) is 15.4. The quantitative estimate of drug-likeness (QED) is 0.169. The largest absolute Gasteiger partial charge is 0.480 e. The molecule has 0 aromatic carbocycles. The summed E-state index contributed by atoms with van der Waals surface area (Å²) in [5, 5.41) is 26.1. The van der Waals surface area contributed by atoms with Gasteiger partial charge in [-0.3, -0.25) is 14.4 Å². The standard InChI is InChI=1S/C19H36N4O6S2/c1-11(2)9-15(23-16(25)12(20)10-24)18(27)21-13(5-7-30-3)17(26)22-14(19(28)29)6-8-31-4/h11-15,24H,5-10,20H2,1-4H3,(H,21,27)(H,22,26)(H,23,25)(H,28,29). The molecule has 0 aromatic rings. The maximum atomic E-state index is 12.9. The van der Waals surface area contributed by atoms with Crippen LogP contribution < -0.4 is 21.7 Å². The molecule has 12 heteroatoms. The van der Waals surface area contributed by atoms with Gasteiger partial charge in [0.05, 0.1) is 6.61 Å². The smallest absolute Gasteiger partial charge is 0.326 e. The number of thioether (sulfide) groups is 2. The number of hydrogen-bond donors (Lipinski definition) is 6. The average molecular weight is 481 g/mol. The van der Waals surface area contributed by atoms with Gasteiger partial charge in [0, 0.05) is 0 Å². The van der Waals surface area contributed by atoms with Crippen molar-refractivity contribution in [1.82, 2.24) is 16.0 Å². The van der Waals surface area contributed by atoms with Crippen LogP contribution in [-0.4, -0.2) is 88.7 Å². The molecule has 0 bridgehead atoms. The Labute approximate surface area is 192 Å². The van der Waals surface area contributed by atoms with Crippen molar-refractivity contribution < 1.29 is 29.4 Å². The predicted molar refractivity (Wildman–Crippen MR) is 124 cm³/mol. The van der Waals surface area contributed by atoms with E-state index in [1.807, 2.05) is 26.4 Å². The van der Waals surface area contributed by atoms with E-state index in [1.54, 1.807) is 0 Å². The topological polar surface area (TPSA) is 171 Å². The van der Waals surface area contributed by atoms with E-state index in [9.17, 15) is 24.3 Å². The third kappa shape index (κ3) is 12.2. The lowest BCUT2D eigenvalue weighted by Crippen LogP contribution is -2.57. The molecule has 7 N–H and O–H groups in total. The molecule has 0 radical (unpaired) electrons. The number of aliphatic carboxylic acids is 1. The van der Waals surface area contributed by atoms with Gasteiger partial charge in [-0.1, -0.05) is 13.8 Å². The summed E-state index contributed by atoms with van der Waals surface area (Å²) < 4.78 is 0. The summed E-state index contributed by atoms with van der Waals surface area (Å²) >= 11 is 2.96. The first-order chi connectivity index (χ1) is 14.6. The van der Waals surface area contributed by atoms with Crippen molar-refractivity contribution in [3.8, 4) is 0 Å². The molecule has 31 heavy (non-hydrogen) atoms. The van der Waals surface area contributed by atoms with Crippen LogP contribution in [0.1, 0.15) is 33.1 Å². The molecule has 4 atom stereocenters. The Hall–Kier alpha value is -1.50. The van der Waals surface area contributed by atoms with E-state index >= 15 is 0 Å². The van der Waals surface area contributed by atoms with E-state index in [-0.39, 0.29) is 12.3 Å². The van der Waals surface area contributed by atoms with E-state index in [1.165, 1.54) is 23.5 Å². The molecular weight excluding hydrogens is 444 g/mol. The Balaban J connectivity index is 5.36. The number of rotatable bonds is 16. The number of carboxylic acids is 1. The van der Waals surface area contributed by atoms with Gasteiger partial charge in [0.15, 0.2) is 0 Å². The molecule has 0 aliphatic carbocycles. The van der Waals surface area contributed by atoms with Crippen LogP contribution in [0.25, 0.3) is 0 Å². The normalized spacial score (nSPS) is 14.9. The monoisotopic (exact) mass is 480 g/mol. The molecule has 0 aliphatic heterocycles. The summed E-state index contributed by atoms with van der Waals surface area (Å²) in [6.07, 6.45) is 4.56. The first-order valence-electron chi connectivity index (χ1n) is 10.1. The van der Waals surface area contributed by atoms with Gasteiger partial charge in [0.25, 0.3) is 0 Å². The Morgan fingerprint density at radius 1 is 0.839 bits per heavy atom. The number of nitrogens with two attached hydrogens (primary N) is 1. The van der Waals surface area contributed by atoms with Crippen LogP contribution in [0.5, 0.6) is 0 Å². The number of nitrogens with one attached hydrogen (secondary N) is 3. The van der Waals surface area contributed by atoms with Crippen molar-refractivity contribution in [3.63, 3.8) is 0 Å². The van der Waals surface area contributed by atoms with Crippen molar-refractivity contribution in [1.29, 1.82) is 0 Å². The maximum absolute atomic E-state index is 12.9. The summed E-state index contributed by atoms with van der Waals surface area (Å²) in [6, 6.07) is -4.11. The van der Waals surface area contributed by atoms with Crippen molar-refractivity contribution in [3.05, 3.63) is 0 Å². The Morgan fingerprint density at radius 2 is 1.29 bits per heavy atom. The van der Waals surface area contributed by atoms with Gasteiger partial charge in [-0.2, -0.15) is 23.5 Å². The van der Waals surface area contributed by atoms with Crippen molar-refractivity contribution in [2.45, 2.75) is 57.3 Å². The Bertz CT molecular complexity index is 594. The van der Waals surface area contributed by atoms with Crippen LogP contribution in [0.15, 0.2) is 0 Å². The van der Waals surface area contributed by atoms with Gasteiger partial charge in [0.1, 0.15) is 24.2 Å². The predicted octanol–water partition coefficient (Wildman–Crippen LogP) is -0.603. The zero-order chi connectivity index (χ0) is 24.0. The second-order valence-electron chi connectivity index (χ2n) is 7.50. The van der Waals surface area contributed by atoms with E-state index < -0.39 is 54.5 Å². The second kappa shape index (κ2) is 16.2. The number of amides is 3.